The molecule has 0 heterocycles. The molecule has 1 atom stereocenters. The standard InChI is InChI=1S/C8H11FN2O/c1-5(11-10)6-2-3-8(12)7(9)4-6/h2-5,11-12H,10H2,1H3/t5-/m1/s1. The summed E-state index contributed by atoms with van der Waals surface area (Å²) in [7, 11) is 0. The fourth-order valence-corrected chi connectivity index (χ4v) is 0.889. The van der Waals surface area contributed by atoms with Gasteiger partial charge in [-0.2, -0.15) is 0 Å². The number of hydrazine groups is 1. The van der Waals surface area contributed by atoms with Crippen LogP contribution in [0.1, 0.15) is 18.5 Å². The van der Waals surface area contributed by atoms with Crippen LogP contribution >= 0.6 is 0 Å². The van der Waals surface area contributed by atoms with E-state index in [1.807, 2.05) is 0 Å². The van der Waals surface area contributed by atoms with Crippen LogP contribution in [0.5, 0.6) is 5.75 Å². The van der Waals surface area contributed by atoms with Crippen LogP contribution in [0.15, 0.2) is 18.2 Å². The van der Waals surface area contributed by atoms with Crippen molar-refractivity contribution in [2.45, 2.75) is 13.0 Å². The van der Waals surface area contributed by atoms with Crippen molar-refractivity contribution in [1.82, 2.24) is 5.43 Å². The molecule has 0 aromatic heterocycles. The van der Waals surface area contributed by atoms with Crippen molar-refractivity contribution >= 4 is 0 Å². The summed E-state index contributed by atoms with van der Waals surface area (Å²) in [5, 5.41) is 8.87. The Morgan fingerprint density at radius 1 is 1.58 bits per heavy atom. The van der Waals surface area contributed by atoms with Crippen LogP contribution in [0.4, 0.5) is 4.39 Å². The maximum Gasteiger partial charge on any atom is 0.165 e. The Morgan fingerprint density at radius 2 is 2.25 bits per heavy atom. The first-order valence-corrected chi connectivity index (χ1v) is 3.59. The number of hydrogen-bond acceptors (Lipinski definition) is 3. The lowest BCUT2D eigenvalue weighted by molar-refractivity contribution is 0.430. The molecule has 1 rings (SSSR count). The van der Waals surface area contributed by atoms with Gasteiger partial charge in [0.25, 0.3) is 0 Å². The first kappa shape index (κ1) is 8.96. The van der Waals surface area contributed by atoms with Crippen LogP contribution in [0.25, 0.3) is 0 Å². The van der Waals surface area contributed by atoms with Crippen molar-refractivity contribution in [2.75, 3.05) is 0 Å². The van der Waals surface area contributed by atoms with E-state index in [4.69, 9.17) is 10.9 Å². The van der Waals surface area contributed by atoms with Gasteiger partial charge in [-0.1, -0.05) is 6.07 Å². The fourth-order valence-electron chi connectivity index (χ4n) is 0.889. The average molecular weight is 170 g/mol. The number of phenols is 1. The van der Waals surface area contributed by atoms with Crippen molar-refractivity contribution < 1.29 is 9.50 Å². The molecular weight excluding hydrogens is 159 g/mol. The van der Waals surface area contributed by atoms with Gasteiger partial charge in [0.15, 0.2) is 11.6 Å². The highest BCUT2D eigenvalue weighted by molar-refractivity contribution is 5.29. The summed E-state index contributed by atoms with van der Waals surface area (Å²) in [6.07, 6.45) is 0. The number of nitrogens with one attached hydrogen (secondary N) is 1. The van der Waals surface area contributed by atoms with Crippen LogP contribution in [-0.2, 0) is 0 Å². The Balaban J connectivity index is 2.96. The second kappa shape index (κ2) is 3.51. The molecule has 4 heteroatoms. The molecule has 0 radical (unpaired) electrons. The van der Waals surface area contributed by atoms with Gasteiger partial charge in [0.1, 0.15) is 0 Å². The van der Waals surface area contributed by atoms with Gasteiger partial charge in [0.05, 0.1) is 0 Å². The van der Waals surface area contributed by atoms with E-state index in [0.29, 0.717) is 5.56 Å². The van der Waals surface area contributed by atoms with Gasteiger partial charge < -0.3 is 5.11 Å². The van der Waals surface area contributed by atoms with E-state index >= 15 is 0 Å². The monoisotopic (exact) mass is 170 g/mol. The van der Waals surface area contributed by atoms with Crippen LogP contribution in [0.2, 0.25) is 0 Å². The molecule has 1 aromatic carbocycles. The van der Waals surface area contributed by atoms with Crippen molar-refractivity contribution in [3.63, 3.8) is 0 Å². The summed E-state index contributed by atoms with van der Waals surface area (Å²) in [5.41, 5.74) is 3.18. The number of benzene rings is 1. The van der Waals surface area contributed by atoms with Gasteiger partial charge in [0.2, 0.25) is 0 Å². The van der Waals surface area contributed by atoms with Gasteiger partial charge in [0, 0.05) is 6.04 Å². The van der Waals surface area contributed by atoms with E-state index in [9.17, 15) is 4.39 Å². The Hall–Kier alpha value is -1.13. The molecule has 0 fully saturated rings. The Bertz CT molecular complexity index is 278. The summed E-state index contributed by atoms with van der Waals surface area (Å²) < 4.78 is 12.8. The lowest BCUT2D eigenvalue weighted by Gasteiger charge is -2.09. The third-order valence-corrected chi connectivity index (χ3v) is 1.72. The molecule has 3 nitrogen and oxygen atoms in total. The largest absolute Gasteiger partial charge is 0.505 e. The Kier molecular flexibility index (Phi) is 2.62. The van der Waals surface area contributed by atoms with E-state index in [-0.39, 0.29) is 11.8 Å². The quantitative estimate of drug-likeness (QED) is 0.459. The third-order valence-electron chi connectivity index (χ3n) is 1.72. The SMILES string of the molecule is C[C@@H](NN)c1ccc(O)c(F)c1. The van der Waals surface area contributed by atoms with E-state index < -0.39 is 5.82 Å². The second-order valence-corrected chi connectivity index (χ2v) is 2.60. The Morgan fingerprint density at radius 3 is 2.75 bits per heavy atom. The summed E-state index contributed by atoms with van der Waals surface area (Å²) in [5.74, 6) is 4.18. The van der Waals surface area contributed by atoms with E-state index in [2.05, 4.69) is 5.43 Å². The molecule has 0 aliphatic carbocycles. The maximum atomic E-state index is 12.8. The van der Waals surface area contributed by atoms with Crippen molar-refractivity contribution in [2.24, 2.45) is 5.84 Å². The first-order chi connectivity index (χ1) is 5.65. The number of nitrogens with two attached hydrogens (primary N) is 1. The molecule has 0 aliphatic heterocycles. The molecule has 0 bridgehead atoms. The van der Waals surface area contributed by atoms with Gasteiger partial charge >= 0.3 is 0 Å². The predicted octanol–water partition coefficient (Wildman–Crippen LogP) is 1.06. The molecule has 66 valence electrons. The lowest BCUT2D eigenvalue weighted by atomic mass is 10.1. The van der Waals surface area contributed by atoms with Gasteiger partial charge in [-0.15, -0.1) is 0 Å². The average Bonchev–Trinajstić information content (AvgIpc) is 2.08. The molecule has 0 saturated carbocycles. The molecule has 0 aliphatic rings. The molecular formula is C8H11FN2O. The van der Waals surface area contributed by atoms with Gasteiger partial charge in [-0.3, -0.25) is 11.3 Å². The fraction of sp³-hybridized carbons (Fsp3) is 0.250. The number of aromatic hydroxyl groups is 1. The zero-order valence-corrected chi connectivity index (χ0v) is 6.71. The highest BCUT2D eigenvalue weighted by atomic mass is 19.1. The molecule has 0 spiro atoms. The van der Waals surface area contributed by atoms with E-state index in [1.54, 1.807) is 13.0 Å². The van der Waals surface area contributed by atoms with Gasteiger partial charge in [-0.05, 0) is 24.6 Å². The lowest BCUT2D eigenvalue weighted by Crippen LogP contribution is -2.25. The summed E-state index contributed by atoms with van der Waals surface area (Å²) in [6, 6.07) is 4.04. The molecule has 4 N–H and O–H groups in total. The van der Waals surface area contributed by atoms with Crippen LogP contribution in [0, 0.1) is 5.82 Å². The van der Waals surface area contributed by atoms with Crippen molar-refractivity contribution in [3.05, 3.63) is 29.6 Å². The van der Waals surface area contributed by atoms with E-state index in [0.717, 1.165) is 0 Å². The highest BCUT2D eigenvalue weighted by Crippen LogP contribution is 2.19. The van der Waals surface area contributed by atoms with Crippen molar-refractivity contribution in [1.29, 1.82) is 0 Å². The highest BCUT2D eigenvalue weighted by Gasteiger charge is 2.06. The normalized spacial score (nSPS) is 12.9. The van der Waals surface area contributed by atoms with Crippen LogP contribution < -0.4 is 11.3 Å². The number of rotatable bonds is 2. The Labute approximate surface area is 70.0 Å². The smallest absolute Gasteiger partial charge is 0.165 e. The summed E-state index contributed by atoms with van der Waals surface area (Å²) in [6.45, 7) is 1.80. The summed E-state index contributed by atoms with van der Waals surface area (Å²) >= 11 is 0. The number of hydrogen-bond donors (Lipinski definition) is 3. The maximum absolute atomic E-state index is 12.8. The first-order valence-electron chi connectivity index (χ1n) is 3.59. The number of phenolic OH excluding ortho intramolecular Hbond substituents is 1. The minimum absolute atomic E-state index is 0.125. The van der Waals surface area contributed by atoms with Crippen LogP contribution in [0.3, 0.4) is 0 Å². The molecule has 0 unspecified atom stereocenters. The number of halogens is 1. The minimum Gasteiger partial charge on any atom is -0.505 e. The third kappa shape index (κ3) is 1.72. The second-order valence-electron chi connectivity index (χ2n) is 2.60. The topological polar surface area (TPSA) is 58.3 Å². The minimum atomic E-state index is -0.630. The molecule has 0 saturated heterocycles. The predicted molar refractivity (Wildman–Crippen MR) is 43.8 cm³/mol. The van der Waals surface area contributed by atoms with Gasteiger partial charge in [-0.25, -0.2) is 4.39 Å². The van der Waals surface area contributed by atoms with E-state index in [1.165, 1.54) is 12.1 Å². The molecule has 0 amide bonds. The van der Waals surface area contributed by atoms with Crippen molar-refractivity contribution in [3.8, 4) is 5.75 Å². The zero-order chi connectivity index (χ0) is 9.14. The summed E-state index contributed by atoms with van der Waals surface area (Å²) in [4.78, 5) is 0. The zero-order valence-electron chi connectivity index (χ0n) is 6.71. The van der Waals surface area contributed by atoms with Crippen LogP contribution in [-0.4, -0.2) is 5.11 Å². The molecule has 12 heavy (non-hydrogen) atoms. The molecule has 1 aromatic rings.